The van der Waals surface area contributed by atoms with Gasteiger partial charge in [0.15, 0.2) is 0 Å². The lowest BCUT2D eigenvalue weighted by atomic mass is 10.1. The highest BCUT2D eigenvalue weighted by Gasteiger charge is 2.28. The molecule has 3 aliphatic heterocycles. The van der Waals surface area contributed by atoms with Crippen LogP contribution in [0.15, 0.2) is 36.4 Å². The van der Waals surface area contributed by atoms with Gasteiger partial charge in [0.05, 0.1) is 32.0 Å². The van der Waals surface area contributed by atoms with E-state index in [0.717, 1.165) is 43.2 Å². The van der Waals surface area contributed by atoms with Crippen LogP contribution in [0.1, 0.15) is 86.2 Å². The van der Waals surface area contributed by atoms with Gasteiger partial charge in [0, 0.05) is 82.3 Å². The number of ether oxygens (including phenoxy) is 5. The van der Waals surface area contributed by atoms with Crippen LogP contribution >= 0.6 is 15.9 Å². The van der Waals surface area contributed by atoms with Crippen LogP contribution in [-0.2, 0) is 35.6 Å². The highest BCUT2D eigenvalue weighted by molar-refractivity contribution is 9.08. The van der Waals surface area contributed by atoms with E-state index >= 15 is 0 Å². The molecule has 0 bridgehead atoms. The first-order valence-electron chi connectivity index (χ1n) is 18.6. The Morgan fingerprint density at radius 3 is 1.35 bits per heavy atom. The number of hydrogen-bond donors (Lipinski definition) is 1. The predicted molar refractivity (Wildman–Crippen MR) is 214 cm³/mol. The van der Waals surface area contributed by atoms with Crippen molar-refractivity contribution in [3.05, 3.63) is 58.7 Å². The summed E-state index contributed by atoms with van der Waals surface area (Å²) in [6.45, 7) is 18.0. The number of carbonyl (C=O) groups is 4. The van der Waals surface area contributed by atoms with Crippen molar-refractivity contribution in [3.63, 3.8) is 0 Å². The van der Waals surface area contributed by atoms with E-state index in [4.69, 9.17) is 23.7 Å². The van der Waals surface area contributed by atoms with Gasteiger partial charge in [-0.1, -0.05) is 15.9 Å². The number of methoxy groups -OCH3 is 2. The van der Waals surface area contributed by atoms with Crippen LogP contribution in [0.25, 0.3) is 0 Å². The first-order valence-corrected chi connectivity index (χ1v) is 19.7. The number of anilines is 2. The molecule has 0 spiro atoms. The third kappa shape index (κ3) is 14.5. The normalized spacial score (nSPS) is 15.9. The quantitative estimate of drug-likeness (QED) is 0.200. The standard InChI is InChI=1S/C18H25BrN2O4.C18H26N2O5.C4H8O/c1-18(2,3)25-17(23)21-9-7-20(8-10-21)14-5-6-15(16(22)24-4)13(11-14)12-19;1-18(2,3)25-17(23)20-9-7-19(8-10-20)14-5-6-15(16(22)24-4)13(11-14)12-21;1-2-4-5-3-1/h5-6,11H,7-10,12H2,1-4H3;5-6,11,21H,7-10,12H2,1-4H3;1-4H2. The van der Waals surface area contributed by atoms with Crippen LogP contribution in [0.3, 0.4) is 0 Å². The SMILES string of the molecule is C1CCOC1.COC(=O)c1ccc(N2CCN(C(=O)OC(C)(C)C)CC2)cc1CBr.COC(=O)c1ccc(N2CCN(C(=O)OC(C)(C)C)CC2)cc1CO. The zero-order valence-electron chi connectivity index (χ0n) is 33.7. The molecule has 2 amide bonds. The van der Waals surface area contributed by atoms with Gasteiger partial charge in [-0.15, -0.1) is 0 Å². The smallest absolute Gasteiger partial charge is 0.410 e. The van der Waals surface area contributed by atoms with E-state index in [0.29, 0.717) is 61.3 Å². The Balaban J connectivity index is 0.000000261. The Labute approximate surface area is 334 Å². The molecule has 0 atom stereocenters. The summed E-state index contributed by atoms with van der Waals surface area (Å²) in [6, 6.07) is 11.0. The summed E-state index contributed by atoms with van der Waals surface area (Å²) in [5, 5.41) is 10.1. The fraction of sp³-hybridized carbons (Fsp3) is 0.600. The lowest BCUT2D eigenvalue weighted by molar-refractivity contribution is 0.0230. The molecule has 15 heteroatoms. The summed E-state index contributed by atoms with van der Waals surface area (Å²) >= 11 is 3.42. The van der Waals surface area contributed by atoms with E-state index < -0.39 is 17.2 Å². The van der Waals surface area contributed by atoms with Crippen molar-refractivity contribution in [1.29, 1.82) is 0 Å². The Morgan fingerprint density at radius 2 is 1.04 bits per heavy atom. The molecule has 0 aromatic heterocycles. The molecule has 0 unspecified atom stereocenters. The minimum atomic E-state index is -0.506. The number of carbonyl (C=O) groups excluding carboxylic acids is 4. The van der Waals surface area contributed by atoms with Gasteiger partial charge in [0.2, 0.25) is 0 Å². The van der Waals surface area contributed by atoms with Gasteiger partial charge in [-0.3, -0.25) is 0 Å². The maximum absolute atomic E-state index is 12.1. The Bertz CT molecular complexity index is 1450. The second-order valence-corrected chi connectivity index (χ2v) is 15.7. The molecule has 1 N–H and O–H groups in total. The van der Waals surface area contributed by atoms with Crippen molar-refractivity contribution in [2.24, 2.45) is 0 Å². The number of halogens is 1. The van der Waals surface area contributed by atoms with Gasteiger partial charge in [-0.25, -0.2) is 19.2 Å². The second kappa shape index (κ2) is 21.3. The summed E-state index contributed by atoms with van der Waals surface area (Å²) in [6.07, 6.45) is 1.98. The van der Waals surface area contributed by atoms with Gasteiger partial charge >= 0.3 is 24.1 Å². The Kier molecular flexibility index (Phi) is 17.5. The molecule has 2 aromatic carbocycles. The molecule has 3 heterocycles. The molecular formula is C40H59BrN4O10. The van der Waals surface area contributed by atoms with E-state index in [1.54, 1.807) is 28.0 Å². The average Bonchev–Trinajstić information content (AvgIpc) is 3.76. The molecule has 3 saturated heterocycles. The summed E-state index contributed by atoms with van der Waals surface area (Å²) in [7, 11) is 2.69. The maximum Gasteiger partial charge on any atom is 0.410 e. The molecule has 2 aromatic rings. The highest BCUT2D eigenvalue weighted by Crippen LogP contribution is 2.25. The van der Waals surface area contributed by atoms with Crippen LogP contribution in [0.5, 0.6) is 0 Å². The van der Waals surface area contributed by atoms with Crippen LogP contribution in [0.2, 0.25) is 0 Å². The molecule has 0 radical (unpaired) electrons. The van der Waals surface area contributed by atoms with E-state index in [1.165, 1.54) is 27.1 Å². The van der Waals surface area contributed by atoms with E-state index in [1.807, 2.05) is 59.7 Å². The fourth-order valence-corrected chi connectivity index (χ4v) is 6.33. The van der Waals surface area contributed by atoms with Crippen molar-refractivity contribution >= 4 is 51.4 Å². The molecule has 3 aliphatic rings. The van der Waals surface area contributed by atoms with Crippen LogP contribution < -0.4 is 9.80 Å². The topological polar surface area (TPSA) is 148 Å². The number of rotatable bonds is 6. The van der Waals surface area contributed by atoms with E-state index in [-0.39, 0.29) is 24.8 Å². The number of benzene rings is 2. The number of aliphatic hydroxyl groups is 1. The molecule has 55 heavy (non-hydrogen) atoms. The summed E-state index contributed by atoms with van der Waals surface area (Å²) in [5.74, 6) is -0.805. The van der Waals surface area contributed by atoms with Crippen molar-refractivity contribution in [2.45, 2.75) is 77.5 Å². The van der Waals surface area contributed by atoms with Crippen LogP contribution in [0.4, 0.5) is 21.0 Å². The Morgan fingerprint density at radius 1 is 0.655 bits per heavy atom. The molecule has 0 saturated carbocycles. The lowest BCUT2D eigenvalue weighted by Crippen LogP contribution is -2.50. The van der Waals surface area contributed by atoms with Gasteiger partial charge < -0.3 is 48.4 Å². The lowest BCUT2D eigenvalue weighted by Gasteiger charge is -2.37. The largest absolute Gasteiger partial charge is 0.465 e. The van der Waals surface area contributed by atoms with E-state index in [9.17, 15) is 24.3 Å². The van der Waals surface area contributed by atoms with Crippen molar-refractivity contribution in [2.75, 3.05) is 89.6 Å². The molecule has 306 valence electrons. The van der Waals surface area contributed by atoms with Gasteiger partial charge in [0.25, 0.3) is 0 Å². The minimum absolute atomic E-state index is 0.240. The zero-order chi connectivity index (χ0) is 40.8. The van der Waals surface area contributed by atoms with Crippen LogP contribution in [0, 0.1) is 0 Å². The summed E-state index contributed by atoms with van der Waals surface area (Å²) in [5.41, 5.74) is 3.29. The zero-order valence-corrected chi connectivity index (χ0v) is 35.2. The molecule has 5 rings (SSSR count). The highest BCUT2D eigenvalue weighted by atomic mass is 79.9. The molecule has 0 aliphatic carbocycles. The number of piperazine rings is 2. The number of hydrogen-bond acceptors (Lipinski definition) is 12. The first-order chi connectivity index (χ1) is 26.0. The monoisotopic (exact) mass is 834 g/mol. The molecular weight excluding hydrogens is 776 g/mol. The third-order valence-corrected chi connectivity index (χ3v) is 9.33. The number of alkyl halides is 1. The number of amides is 2. The first kappa shape index (κ1) is 45.3. The number of aliphatic hydroxyl groups excluding tert-OH is 1. The minimum Gasteiger partial charge on any atom is -0.465 e. The molecule has 14 nitrogen and oxygen atoms in total. The Hall–Kier alpha value is -4.08. The predicted octanol–water partition coefficient (Wildman–Crippen LogP) is 6.24. The summed E-state index contributed by atoms with van der Waals surface area (Å²) in [4.78, 5) is 55.5. The van der Waals surface area contributed by atoms with Gasteiger partial charge in [-0.05, 0) is 102 Å². The third-order valence-electron chi connectivity index (χ3n) is 8.72. The number of esters is 2. The van der Waals surface area contributed by atoms with Crippen molar-refractivity contribution in [3.8, 4) is 0 Å². The molecule has 3 fully saturated rings. The van der Waals surface area contributed by atoms with Crippen molar-refractivity contribution < 1.29 is 48.0 Å². The van der Waals surface area contributed by atoms with Gasteiger partial charge in [0.1, 0.15) is 11.2 Å². The van der Waals surface area contributed by atoms with Gasteiger partial charge in [-0.2, -0.15) is 0 Å². The van der Waals surface area contributed by atoms with Crippen molar-refractivity contribution in [1.82, 2.24) is 9.80 Å². The second-order valence-electron chi connectivity index (χ2n) is 15.2. The average molecular weight is 836 g/mol. The van der Waals surface area contributed by atoms with E-state index in [2.05, 4.69) is 25.7 Å². The fourth-order valence-electron chi connectivity index (χ4n) is 5.87. The summed E-state index contributed by atoms with van der Waals surface area (Å²) < 4.78 is 25.3. The van der Waals surface area contributed by atoms with Crippen LogP contribution in [-0.4, -0.2) is 130 Å². The number of nitrogens with zero attached hydrogens (tertiary/aromatic N) is 4. The maximum atomic E-state index is 12.1.